The smallest absolute Gasteiger partial charge is 0.345 e. The third-order valence-corrected chi connectivity index (χ3v) is 5.11. The zero-order valence-corrected chi connectivity index (χ0v) is 14.7. The SMILES string of the molecule is C/C(=N\Nc1nc(-c2cc3ccccc3oc2=O)cs1)c1nccs1. The maximum Gasteiger partial charge on any atom is 0.345 e. The summed E-state index contributed by atoms with van der Waals surface area (Å²) in [5.74, 6) is 0. The molecule has 0 atom stereocenters. The largest absolute Gasteiger partial charge is 0.422 e. The molecule has 25 heavy (non-hydrogen) atoms. The number of nitrogens with zero attached hydrogens (tertiary/aromatic N) is 3. The van der Waals surface area contributed by atoms with Crippen molar-refractivity contribution in [2.45, 2.75) is 6.92 Å². The molecule has 0 aliphatic carbocycles. The van der Waals surface area contributed by atoms with Gasteiger partial charge in [0.05, 0.1) is 17.0 Å². The Kier molecular flexibility index (Phi) is 4.12. The molecule has 0 amide bonds. The van der Waals surface area contributed by atoms with E-state index in [1.807, 2.05) is 30.5 Å². The standard InChI is InChI=1S/C17H12N4O2S2/c1-10(15-18-6-7-24-15)20-21-17-19-13(9-25-17)12-8-11-4-2-3-5-14(11)23-16(12)22/h2-9H,1H3,(H,19,21)/b20-10+. The maximum absolute atomic E-state index is 12.2. The zero-order valence-electron chi connectivity index (χ0n) is 13.1. The quantitative estimate of drug-likeness (QED) is 0.332. The Balaban J connectivity index is 1.62. The molecule has 1 aromatic carbocycles. The van der Waals surface area contributed by atoms with Crippen LogP contribution in [0.3, 0.4) is 0 Å². The molecule has 0 aliphatic heterocycles. The third-order valence-electron chi connectivity index (χ3n) is 3.48. The van der Waals surface area contributed by atoms with Gasteiger partial charge in [-0.05, 0) is 19.1 Å². The van der Waals surface area contributed by atoms with Crippen LogP contribution in [0.15, 0.2) is 61.6 Å². The molecule has 4 rings (SSSR count). The van der Waals surface area contributed by atoms with Gasteiger partial charge < -0.3 is 4.42 Å². The molecule has 0 fully saturated rings. The van der Waals surface area contributed by atoms with Crippen LogP contribution in [-0.4, -0.2) is 15.7 Å². The van der Waals surface area contributed by atoms with Gasteiger partial charge in [-0.1, -0.05) is 18.2 Å². The number of hydrogen-bond donors (Lipinski definition) is 1. The highest BCUT2D eigenvalue weighted by Gasteiger charge is 2.11. The second-order valence-electron chi connectivity index (χ2n) is 5.17. The lowest BCUT2D eigenvalue weighted by atomic mass is 10.1. The van der Waals surface area contributed by atoms with Crippen LogP contribution in [0.1, 0.15) is 11.9 Å². The van der Waals surface area contributed by atoms with Crippen molar-refractivity contribution in [3.05, 3.63) is 62.7 Å². The van der Waals surface area contributed by atoms with Gasteiger partial charge in [-0.25, -0.2) is 14.8 Å². The molecule has 0 unspecified atom stereocenters. The summed E-state index contributed by atoms with van der Waals surface area (Å²) in [6.45, 7) is 1.87. The number of thiazole rings is 2. The number of para-hydroxylation sites is 1. The highest BCUT2D eigenvalue weighted by Crippen LogP contribution is 2.25. The third kappa shape index (κ3) is 3.21. The van der Waals surface area contributed by atoms with E-state index in [9.17, 15) is 4.79 Å². The Morgan fingerprint density at radius 1 is 1.28 bits per heavy atom. The number of nitrogens with one attached hydrogen (secondary N) is 1. The molecule has 3 heterocycles. The first-order chi connectivity index (χ1) is 12.2. The minimum absolute atomic E-state index is 0.405. The average molecular weight is 368 g/mol. The summed E-state index contributed by atoms with van der Waals surface area (Å²) in [7, 11) is 0. The van der Waals surface area contributed by atoms with Crippen molar-refractivity contribution in [3.63, 3.8) is 0 Å². The normalized spacial score (nSPS) is 11.8. The maximum atomic E-state index is 12.2. The fourth-order valence-electron chi connectivity index (χ4n) is 2.27. The molecule has 4 aromatic rings. The predicted molar refractivity (Wildman–Crippen MR) is 102 cm³/mol. The Morgan fingerprint density at radius 3 is 3.00 bits per heavy atom. The van der Waals surface area contributed by atoms with Crippen molar-refractivity contribution >= 4 is 44.5 Å². The van der Waals surface area contributed by atoms with Gasteiger partial charge in [0.2, 0.25) is 5.13 Å². The zero-order chi connectivity index (χ0) is 17.2. The summed E-state index contributed by atoms with van der Waals surface area (Å²) in [4.78, 5) is 20.8. The highest BCUT2D eigenvalue weighted by atomic mass is 32.1. The van der Waals surface area contributed by atoms with Crippen molar-refractivity contribution in [2.24, 2.45) is 5.10 Å². The minimum Gasteiger partial charge on any atom is -0.422 e. The van der Waals surface area contributed by atoms with Crippen molar-refractivity contribution in [2.75, 3.05) is 5.43 Å². The number of rotatable bonds is 4. The fourth-order valence-corrected chi connectivity index (χ4v) is 3.51. The number of hydrazone groups is 1. The van der Waals surface area contributed by atoms with E-state index in [0.717, 1.165) is 16.1 Å². The first-order valence-electron chi connectivity index (χ1n) is 7.39. The van der Waals surface area contributed by atoms with Crippen LogP contribution in [-0.2, 0) is 0 Å². The summed E-state index contributed by atoms with van der Waals surface area (Å²) in [5, 5.41) is 10.3. The molecule has 3 aromatic heterocycles. The first kappa shape index (κ1) is 15.7. The molecule has 0 spiro atoms. The molecule has 0 saturated carbocycles. The summed E-state index contributed by atoms with van der Waals surface area (Å²) in [6, 6.07) is 9.19. The summed E-state index contributed by atoms with van der Waals surface area (Å²) in [5.41, 5.74) is 4.84. The van der Waals surface area contributed by atoms with E-state index in [-0.39, 0.29) is 0 Å². The Morgan fingerprint density at radius 2 is 2.16 bits per heavy atom. The minimum atomic E-state index is -0.405. The van der Waals surface area contributed by atoms with Gasteiger partial charge >= 0.3 is 5.63 Å². The Bertz CT molecular complexity index is 1110. The van der Waals surface area contributed by atoms with E-state index in [1.165, 1.54) is 22.7 Å². The lowest BCUT2D eigenvalue weighted by molar-refractivity contribution is 0.563. The Labute approximate surface area is 150 Å². The average Bonchev–Trinajstić information content (AvgIpc) is 3.31. The topological polar surface area (TPSA) is 80.4 Å². The van der Waals surface area contributed by atoms with E-state index in [0.29, 0.717) is 22.0 Å². The number of fused-ring (bicyclic) bond motifs is 1. The van der Waals surface area contributed by atoms with Gasteiger partial charge in [-0.2, -0.15) is 5.10 Å². The van der Waals surface area contributed by atoms with Crippen molar-refractivity contribution in [1.82, 2.24) is 9.97 Å². The lowest BCUT2D eigenvalue weighted by Gasteiger charge is -1.99. The molecular weight excluding hydrogens is 356 g/mol. The van der Waals surface area contributed by atoms with Gasteiger partial charge in [0.25, 0.3) is 0 Å². The fraction of sp³-hybridized carbons (Fsp3) is 0.0588. The second-order valence-corrected chi connectivity index (χ2v) is 6.92. The van der Waals surface area contributed by atoms with Gasteiger partial charge in [0, 0.05) is 22.3 Å². The molecule has 0 radical (unpaired) electrons. The number of aromatic nitrogens is 2. The summed E-state index contributed by atoms with van der Waals surface area (Å²) < 4.78 is 5.36. The number of benzene rings is 1. The van der Waals surface area contributed by atoms with Crippen LogP contribution < -0.4 is 11.1 Å². The van der Waals surface area contributed by atoms with E-state index in [1.54, 1.807) is 23.7 Å². The molecule has 6 nitrogen and oxygen atoms in total. The first-order valence-corrected chi connectivity index (χ1v) is 9.15. The number of anilines is 1. The highest BCUT2D eigenvalue weighted by molar-refractivity contribution is 7.14. The van der Waals surface area contributed by atoms with Crippen molar-refractivity contribution < 1.29 is 4.42 Å². The van der Waals surface area contributed by atoms with Gasteiger partial charge in [-0.3, -0.25) is 5.43 Å². The lowest BCUT2D eigenvalue weighted by Crippen LogP contribution is -2.03. The van der Waals surface area contributed by atoms with Gasteiger partial charge in [0.15, 0.2) is 0 Å². The van der Waals surface area contributed by atoms with E-state index in [4.69, 9.17) is 4.42 Å². The van der Waals surface area contributed by atoms with Crippen LogP contribution in [0.25, 0.3) is 22.2 Å². The van der Waals surface area contributed by atoms with E-state index in [2.05, 4.69) is 20.5 Å². The van der Waals surface area contributed by atoms with E-state index >= 15 is 0 Å². The molecule has 8 heteroatoms. The van der Waals surface area contributed by atoms with Crippen molar-refractivity contribution in [1.29, 1.82) is 0 Å². The predicted octanol–water partition coefficient (Wildman–Crippen LogP) is 4.21. The van der Waals surface area contributed by atoms with Crippen molar-refractivity contribution in [3.8, 4) is 11.3 Å². The Hall–Kier alpha value is -2.84. The van der Waals surface area contributed by atoms with Crippen LogP contribution >= 0.6 is 22.7 Å². The van der Waals surface area contributed by atoms with Gasteiger partial charge in [-0.15, -0.1) is 22.7 Å². The van der Waals surface area contributed by atoms with Crippen LogP contribution in [0.5, 0.6) is 0 Å². The van der Waals surface area contributed by atoms with Crippen LogP contribution in [0.4, 0.5) is 5.13 Å². The number of hydrogen-bond acceptors (Lipinski definition) is 8. The molecule has 0 aliphatic rings. The van der Waals surface area contributed by atoms with Crippen LogP contribution in [0.2, 0.25) is 0 Å². The summed E-state index contributed by atoms with van der Waals surface area (Å²) in [6.07, 6.45) is 1.74. The molecule has 1 N–H and O–H groups in total. The van der Waals surface area contributed by atoms with Crippen LogP contribution in [0, 0.1) is 0 Å². The molecule has 0 bridgehead atoms. The monoisotopic (exact) mass is 368 g/mol. The second kappa shape index (κ2) is 6.58. The molecule has 0 saturated heterocycles. The van der Waals surface area contributed by atoms with E-state index < -0.39 is 5.63 Å². The summed E-state index contributed by atoms with van der Waals surface area (Å²) >= 11 is 2.89. The van der Waals surface area contributed by atoms with Gasteiger partial charge in [0.1, 0.15) is 10.6 Å². The molecular formula is C17H12N4O2S2. The molecule has 124 valence electrons.